The van der Waals surface area contributed by atoms with E-state index in [-0.39, 0.29) is 11.9 Å². The molecular formula is C19H23N3O3S. The second kappa shape index (κ2) is 7.73. The predicted molar refractivity (Wildman–Crippen MR) is 101 cm³/mol. The first-order chi connectivity index (χ1) is 12.7. The van der Waals surface area contributed by atoms with Gasteiger partial charge in [-0.15, -0.1) is 11.3 Å². The summed E-state index contributed by atoms with van der Waals surface area (Å²) in [5.74, 6) is 0.902. The number of amides is 1. The van der Waals surface area contributed by atoms with Gasteiger partial charge in [-0.3, -0.25) is 9.69 Å². The Morgan fingerprint density at radius 2 is 2.19 bits per heavy atom. The molecule has 0 aliphatic carbocycles. The molecule has 1 aromatic carbocycles. The monoisotopic (exact) mass is 373 g/mol. The molecule has 2 aromatic rings. The van der Waals surface area contributed by atoms with Gasteiger partial charge in [0.05, 0.1) is 26.0 Å². The number of benzene rings is 1. The first-order valence-corrected chi connectivity index (χ1v) is 9.83. The highest BCUT2D eigenvalue weighted by atomic mass is 32.1. The van der Waals surface area contributed by atoms with Gasteiger partial charge in [-0.1, -0.05) is 0 Å². The van der Waals surface area contributed by atoms with E-state index in [1.807, 2.05) is 19.1 Å². The van der Waals surface area contributed by atoms with Crippen LogP contribution in [0.3, 0.4) is 0 Å². The van der Waals surface area contributed by atoms with Gasteiger partial charge in [-0.2, -0.15) is 0 Å². The van der Waals surface area contributed by atoms with Crippen molar-refractivity contribution in [1.29, 1.82) is 0 Å². The number of hydrogen-bond acceptors (Lipinski definition) is 6. The number of hydrogen-bond donors (Lipinski definition) is 1. The van der Waals surface area contributed by atoms with Crippen molar-refractivity contribution in [2.45, 2.75) is 19.4 Å². The maximum absolute atomic E-state index is 12.5. The van der Waals surface area contributed by atoms with Crippen molar-refractivity contribution in [2.75, 3.05) is 39.5 Å². The molecule has 7 heteroatoms. The van der Waals surface area contributed by atoms with Crippen molar-refractivity contribution >= 4 is 17.2 Å². The zero-order valence-electron chi connectivity index (χ0n) is 14.9. The second-order valence-electron chi connectivity index (χ2n) is 6.74. The van der Waals surface area contributed by atoms with Crippen LogP contribution in [0.1, 0.15) is 22.2 Å². The lowest BCUT2D eigenvalue weighted by molar-refractivity contribution is 0.0342. The van der Waals surface area contributed by atoms with Crippen LogP contribution in [0.5, 0.6) is 5.75 Å². The molecule has 2 aliphatic heterocycles. The van der Waals surface area contributed by atoms with Crippen molar-refractivity contribution in [2.24, 2.45) is 0 Å². The van der Waals surface area contributed by atoms with Gasteiger partial charge in [0.1, 0.15) is 15.6 Å². The van der Waals surface area contributed by atoms with Crippen molar-refractivity contribution in [3.8, 4) is 16.3 Å². The first-order valence-electron chi connectivity index (χ1n) is 9.02. The smallest absolute Gasteiger partial charge is 0.263 e. The second-order valence-corrected chi connectivity index (χ2v) is 7.77. The fraction of sp³-hybridized carbons (Fsp3) is 0.474. The fourth-order valence-corrected chi connectivity index (χ4v) is 4.16. The summed E-state index contributed by atoms with van der Waals surface area (Å²) in [7, 11) is 0. The maximum Gasteiger partial charge on any atom is 0.263 e. The zero-order valence-corrected chi connectivity index (χ0v) is 15.7. The molecule has 1 N–H and O–H groups in total. The predicted octanol–water partition coefficient (Wildman–Crippen LogP) is 2.20. The number of nitrogens with one attached hydrogen (secondary N) is 1. The third kappa shape index (κ3) is 3.90. The molecule has 0 radical (unpaired) electrons. The molecular weight excluding hydrogens is 350 g/mol. The summed E-state index contributed by atoms with van der Waals surface area (Å²) in [6, 6.07) is 6.20. The number of aromatic nitrogens is 1. The Morgan fingerprint density at radius 3 is 3.04 bits per heavy atom. The van der Waals surface area contributed by atoms with Crippen LogP contribution < -0.4 is 10.1 Å². The molecule has 1 aromatic heterocycles. The molecule has 1 amide bonds. The number of ether oxygens (including phenoxy) is 2. The van der Waals surface area contributed by atoms with Gasteiger partial charge in [0, 0.05) is 37.7 Å². The van der Waals surface area contributed by atoms with Gasteiger partial charge in [0.25, 0.3) is 5.91 Å². The van der Waals surface area contributed by atoms with E-state index in [0.29, 0.717) is 4.88 Å². The van der Waals surface area contributed by atoms with E-state index in [9.17, 15) is 4.79 Å². The Morgan fingerprint density at radius 1 is 1.35 bits per heavy atom. The molecule has 3 heterocycles. The third-order valence-electron chi connectivity index (χ3n) is 4.68. The molecule has 1 fully saturated rings. The molecule has 0 spiro atoms. The van der Waals surface area contributed by atoms with E-state index < -0.39 is 0 Å². The van der Waals surface area contributed by atoms with Crippen LogP contribution in [-0.2, 0) is 11.2 Å². The Hall–Kier alpha value is -1.96. The van der Waals surface area contributed by atoms with Gasteiger partial charge in [0.15, 0.2) is 0 Å². The number of thiazole rings is 1. The van der Waals surface area contributed by atoms with Crippen molar-refractivity contribution in [3.05, 3.63) is 34.8 Å². The molecule has 1 unspecified atom stereocenters. The van der Waals surface area contributed by atoms with E-state index in [1.54, 1.807) is 6.20 Å². The van der Waals surface area contributed by atoms with Crippen LogP contribution in [0, 0.1) is 0 Å². The Balaban J connectivity index is 1.38. The number of rotatable bonds is 5. The summed E-state index contributed by atoms with van der Waals surface area (Å²) in [6.45, 7) is 7.00. The minimum absolute atomic E-state index is 0.0565. The molecule has 2 aliphatic rings. The van der Waals surface area contributed by atoms with Crippen LogP contribution in [0.15, 0.2) is 24.4 Å². The van der Waals surface area contributed by atoms with Crippen molar-refractivity contribution in [3.63, 3.8) is 0 Å². The first kappa shape index (κ1) is 17.5. The summed E-state index contributed by atoms with van der Waals surface area (Å²) in [5.41, 5.74) is 2.25. The average molecular weight is 373 g/mol. The summed E-state index contributed by atoms with van der Waals surface area (Å²) in [4.78, 5) is 19.9. The molecule has 0 saturated carbocycles. The minimum Gasteiger partial charge on any atom is -0.493 e. The van der Waals surface area contributed by atoms with E-state index in [2.05, 4.69) is 21.3 Å². The fourth-order valence-electron chi connectivity index (χ4n) is 3.34. The standard InChI is InChI=1S/C19H23N3O3S/c1-13(12-22-5-8-24-9-6-22)21-18(23)17-11-20-19(26-17)15-2-3-16-14(10-15)4-7-25-16/h2-3,10-11,13H,4-9,12H2,1H3,(H,21,23). The lowest BCUT2D eigenvalue weighted by atomic mass is 10.1. The molecule has 26 heavy (non-hydrogen) atoms. The highest BCUT2D eigenvalue weighted by Crippen LogP contribution is 2.32. The summed E-state index contributed by atoms with van der Waals surface area (Å²) < 4.78 is 10.9. The molecule has 0 bridgehead atoms. The third-order valence-corrected chi connectivity index (χ3v) is 5.72. The quantitative estimate of drug-likeness (QED) is 0.871. The average Bonchev–Trinajstić information content (AvgIpc) is 3.31. The molecule has 4 rings (SSSR count). The van der Waals surface area contributed by atoms with Crippen molar-refractivity contribution in [1.82, 2.24) is 15.2 Å². The summed E-state index contributed by atoms with van der Waals surface area (Å²) in [6.07, 6.45) is 2.60. The number of nitrogens with zero attached hydrogens (tertiary/aromatic N) is 2. The van der Waals surface area contributed by atoms with Crippen molar-refractivity contribution < 1.29 is 14.3 Å². The minimum atomic E-state index is -0.0565. The van der Waals surface area contributed by atoms with Crippen LogP contribution >= 0.6 is 11.3 Å². The molecule has 138 valence electrons. The zero-order chi connectivity index (χ0) is 17.9. The molecule has 6 nitrogen and oxygen atoms in total. The maximum atomic E-state index is 12.5. The Bertz CT molecular complexity index is 786. The van der Waals surface area contributed by atoms with E-state index in [0.717, 1.165) is 62.2 Å². The summed E-state index contributed by atoms with van der Waals surface area (Å²) in [5, 5.41) is 3.95. The number of fused-ring (bicyclic) bond motifs is 1. The van der Waals surface area contributed by atoms with Crippen LogP contribution in [0.25, 0.3) is 10.6 Å². The normalized spacial score (nSPS) is 18.2. The van der Waals surface area contributed by atoms with Gasteiger partial charge < -0.3 is 14.8 Å². The van der Waals surface area contributed by atoms with Gasteiger partial charge >= 0.3 is 0 Å². The van der Waals surface area contributed by atoms with Crippen LogP contribution in [0.2, 0.25) is 0 Å². The van der Waals surface area contributed by atoms with Gasteiger partial charge in [-0.05, 0) is 30.7 Å². The highest BCUT2D eigenvalue weighted by molar-refractivity contribution is 7.16. The van der Waals surface area contributed by atoms with Gasteiger partial charge in [-0.25, -0.2) is 4.98 Å². The van der Waals surface area contributed by atoms with E-state index in [4.69, 9.17) is 9.47 Å². The van der Waals surface area contributed by atoms with E-state index in [1.165, 1.54) is 16.9 Å². The molecule has 1 saturated heterocycles. The Kier molecular flexibility index (Phi) is 5.19. The van der Waals surface area contributed by atoms with Crippen LogP contribution in [-0.4, -0.2) is 61.3 Å². The topological polar surface area (TPSA) is 63.7 Å². The van der Waals surface area contributed by atoms with Gasteiger partial charge in [0.2, 0.25) is 0 Å². The SMILES string of the molecule is CC(CN1CCOCC1)NC(=O)c1cnc(-c2ccc3c(c2)CCO3)s1. The largest absolute Gasteiger partial charge is 0.493 e. The Labute approximate surface area is 157 Å². The lowest BCUT2D eigenvalue weighted by Crippen LogP contribution is -2.45. The lowest BCUT2D eigenvalue weighted by Gasteiger charge is -2.29. The molecule has 1 atom stereocenters. The number of carbonyl (C=O) groups excluding carboxylic acids is 1. The highest BCUT2D eigenvalue weighted by Gasteiger charge is 2.19. The summed E-state index contributed by atoms with van der Waals surface area (Å²) >= 11 is 1.43. The van der Waals surface area contributed by atoms with Crippen LogP contribution in [0.4, 0.5) is 0 Å². The van der Waals surface area contributed by atoms with E-state index >= 15 is 0 Å². The number of carbonyl (C=O) groups is 1. The number of morpholine rings is 1.